The van der Waals surface area contributed by atoms with Crippen LogP contribution in [0.2, 0.25) is 5.02 Å². The Morgan fingerprint density at radius 3 is 2.62 bits per heavy atom. The molecule has 1 aliphatic heterocycles. The molecule has 2 unspecified atom stereocenters. The van der Waals surface area contributed by atoms with E-state index in [-0.39, 0.29) is 0 Å². The van der Waals surface area contributed by atoms with Gasteiger partial charge in [0.05, 0.1) is 0 Å². The number of rotatable bonds is 2. The van der Waals surface area contributed by atoms with Gasteiger partial charge in [-0.05, 0) is 60.3 Å². The molecule has 2 aromatic rings. The minimum atomic E-state index is 0.447. The summed E-state index contributed by atoms with van der Waals surface area (Å²) in [6.07, 6.45) is 1.10. The predicted molar refractivity (Wildman–Crippen MR) is 96.3 cm³/mol. The smallest absolute Gasteiger partial charge is 0.0441 e. The average Bonchev–Trinajstić information content (AvgIpc) is 2.50. The summed E-state index contributed by atoms with van der Waals surface area (Å²) in [4.78, 5) is 0. The fraction of sp³-hybridized carbons (Fsp3) is 0.294. The summed E-state index contributed by atoms with van der Waals surface area (Å²) in [5.74, 6) is 0.897. The van der Waals surface area contributed by atoms with Gasteiger partial charge in [0, 0.05) is 26.4 Å². The molecule has 0 amide bonds. The Kier molecular flexibility index (Phi) is 5.05. The van der Waals surface area contributed by atoms with Crippen molar-refractivity contribution < 1.29 is 0 Å². The molecule has 1 heterocycles. The minimum Gasteiger partial charge on any atom is -0.316 e. The highest BCUT2D eigenvalue weighted by Gasteiger charge is 2.29. The van der Waals surface area contributed by atoms with E-state index >= 15 is 0 Å². The first-order valence-corrected chi connectivity index (χ1v) is 9.02. The largest absolute Gasteiger partial charge is 0.316 e. The van der Waals surface area contributed by atoms with Gasteiger partial charge in [0.2, 0.25) is 0 Å². The van der Waals surface area contributed by atoms with Gasteiger partial charge in [0.25, 0.3) is 0 Å². The maximum atomic E-state index is 6.46. The molecule has 1 N–H and O–H groups in total. The van der Waals surface area contributed by atoms with Gasteiger partial charge in [-0.3, -0.25) is 0 Å². The fourth-order valence-corrected chi connectivity index (χ4v) is 4.17. The van der Waals surface area contributed by atoms with E-state index in [2.05, 4.69) is 67.5 Å². The highest BCUT2D eigenvalue weighted by molar-refractivity contribution is 9.10. The first-order chi connectivity index (χ1) is 10.1. The third kappa shape index (κ3) is 3.53. The van der Waals surface area contributed by atoms with Crippen LogP contribution in [0.1, 0.15) is 29.4 Å². The number of benzene rings is 2. The lowest BCUT2D eigenvalue weighted by molar-refractivity contribution is 0.404. The van der Waals surface area contributed by atoms with Crippen molar-refractivity contribution in [2.24, 2.45) is 0 Å². The second-order valence-electron chi connectivity index (χ2n) is 5.43. The van der Waals surface area contributed by atoms with Gasteiger partial charge in [-0.15, -0.1) is 0 Å². The van der Waals surface area contributed by atoms with E-state index in [0.29, 0.717) is 11.8 Å². The van der Waals surface area contributed by atoms with Gasteiger partial charge in [0.1, 0.15) is 0 Å². The van der Waals surface area contributed by atoms with Crippen LogP contribution >= 0.6 is 43.5 Å². The Morgan fingerprint density at radius 2 is 1.81 bits per heavy atom. The zero-order chi connectivity index (χ0) is 14.8. The first-order valence-electron chi connectivity index (χ1n) is 7.06. The van der Waals surface area contributed by atoms with Crippen LogP contribution in [0, 0.1) is 0 Å². The summed E-state index contributed by atoms with van der Waals surface area (Å²) in [5.41, 5.74) is 2.61. The number of hydrogen-bond donors (Lipinski definition) is 1. The molecule has 2 aromatic carbocycles. The maximum absolute atomic E-state index is 6.46. The van der Waals surface area contributed by atoms with Crippen LogP contribution in [0.5, 0.6) is 0 Å². The van der Waals surface area contributed by atoms with Crippen molar-refractivity contribution in [1.82, 2.24) is 5.32 Å². The molecule has 2 atom stereocenters. The summed E-state index contributed by atoms with van der Waals surface area (Å²) in [6, 6.07) is 14.8. The standard InChI is InChI=1S/C17H16Br2ClN/c18-12-3-1-2-11(8-12)16-10-21-7-6-14(16)15-9-13(19)4-5-17(15)20/h1-5,8-9,14,16,21H,6-7,10H2. The Labute approximate surface area is 147 Å². The SMILES string of the molecule is Clc1ccc(Br)cc1C1CCNCC1c1cccc(Br)c1. The van der Waals surface area contributed by atoms with Gasteiger partial charge in [-0.2, -0.15) is 0 Å². The number of hydrogen-bond acceptors (Lipinski definition) is 1. The Hall–Kier alpha value is -0.350. The lowest BCUT2D eigenvalue weighted by Gasteiger charge is -2.33. The molecule has 0 aliphatic carbocycles. The summed E-state index contributed by atoms with van der Waals surface area (Å²) in [7, 11) is 0. The monoisotopic (exact) mass is 427 g/mol. The average molecular weight is 430 g/mol. The topological polar surface area (TPSA) is 12.0 Å². The van der Waals surface area contributed by atoms with E-state index in [1.807, 2.05) is 12.1 Å². The van der Waals surface area contributed by atoms with E-state index in [1.165, 1.54) is 11.1 Å². The van der Waals surface area contributed by atoms with Crippen LogP contribution in [0.3, 0.4) is 0 Å². The van der Waals surface area contributed by atoms with E-state index in [0.717, 1.165) is 33.5 Å². The van der Waals surface area contributed by atoms with E-state index in [4.69, 9.17) is 11.6 Å². The molecule has 0 spiro atoms. The maximum Gasteiger partial charge on any atom is 0.0441 e. The van der Waals surface area contributed by atoms with Crippen molar-refractivity contribution in [3.05, 3.63) is 67.6 Å². The highest BCUT2D eigenvalue weighted by Crippen LogP contribution is 2.41. The van der Waals surface area contributed by atoms with Gasteiger partial charge in [-0.25, -0.2) is 0 Å². The molecule has 0 aromatic heterocycles. The van der Waals surface area contributed by atoms with Crippen molar-refractivity contribution in [2.45, 2.75) is 18.3 Å². The van der Waals surface area contributed by atoms with Gasteiger partial charge in [-0.1, -0.05) is 55.6 Å². The molecular formula is C17H16Br2ClN. The Bertz CT molecular complexity index is 644. The van der Waals surface area contributed by atoms with E-state index in [1.54, 1.807) is 0 Å². The van der Waals surface area contributed by atoms with Crippen molar-refractivity contribution >= 4 is 43.5 Å². The Morgan fingerprint density at radius 1 is 1.00 bits per heavy atom. The van der Waals surface area contributed by atoms with Crippen molar-refractivity contribution in [1.29, 1.82) is 0 Å². The quantitative estimate of drug-likeness (QED) is 0.643. The summed E-state index contributed by atoms with van der Waals surface area (Å²) >= 11 is 13.6. The molecule has 0 radical (unpaired) electrons. The second kappa shape index (κ2) is 6.82. The molecule has 110 valence electrons. The minimum absolute atomic E-state index is 0.447. The molecule has 1 fully saturated rings. The highest BCUT2D eigenvalue weighted by atomic mass is 79.9. The fourth-order valence-electron chi connectivity index (χ4n) is 3.12. The molecule has 0 bridgehead atoms. The molecule has 1 aliphatic rings. The molecule has 3 rings (SSSR count). The van der Waals surface area contributed by atoms with Gasteiger partial charge >= 0.3 is 0 Å². The number of halogens is 3. The second-order valence-corrected chi connectivity index (χ2v) is 7.67. The van der Waals surface area contributed by atoms with Crippen LogP contribution in [0.15, 0.2) is 51.4 Å². The van der Waals surface area contributed by atoms with Crippen LogP contribution in [0.25, 0.3) is 0 Å². The summed E-state index contributed by atoms with van der Waals surface area (Å²) < 4.78 is 2.22. The zero-order valence-electron chi connectivity index (χ0n) is 11.5. The summed E-state index contributed by atoms with van der Waals surface area (Å²) in [6.45, 7) is 2.03. The lowest BCUT2D eigenvalue weighted by atomic mass is 9.77. The van der Waals surface area contributed by atoms with Gasteiger partial charge < -0.3 is 5.32 Å². The molecule has 4 heteroatoms. The van der Waals surface area contributed by atoms with E-state index in [9.17, 15) is 0 Å². The third-order valence-electron chi connectivity index (χ3n) is 4.12. The van der Waals surface area contributed by atoms with Gasteiger partial charge in [0.15, 0.2) is 0 Å². The van der Waals surface area contributed by atoms with Crippen molar-refractivity contribution in [2.75, 3.05) is 13.1 Å². The van der Waals surface area contributed by atoms with Crippen LogP contribution in [-0.4, -0.2) is 13.1 Å². The van der Waals surface area contributed by atoms with Crippen molar-refractivity contribution in [3.63, 3.8) is 0 Å². The van der Waals surface area contributed by atoms with E-state index < -0.39 is 0 Å². The third-order valence-corrected chi connectivity index (χ3v) is 5.45. The normalized spacial score (nSPS) is 22.2. The lowest BCUT2D eigenvalue weighted by Crippen LogP contribution is -2.34. The molecule has 0 saturated carbocycles. The molecule has 1 nitrogen and oxygen atoms in total. The number of nitrogens with one attached hydrogen (secondary N) is 1. The molecular weight excluding hydrogens is 413 g/mol. The van der Waals surface area contributed by atoms with Crippen LogP contribution in [-0.2, 0) is 0 Å². The van der Waals surface area contributed by atoms with Crippen LogP contribution < -0.4 is 5.32 Å². The first kappa shape index (κ1) is 15.5. The van der Waals surface area contributed by atoms with Crippen molar-refractivity contribution in [3.8, 4) is 0 Å². The molecule has 21 heavy (non-hydrogen) atoms. The molecule has 1 saturated heterocycles. The number of piperidine rings is 1. The Balaban J connectivity index is 2.00. The zero-order valence-corrected chi connectivity index (χ0v) is 15.4. The summed E-state index contributed by atoms with van der Waals surface area (Å²) in [5, 5.41) is 4.38. The predicted octanol–water partition coefficient (Wildman–Crippen LogP) is 5.73. The van der Waals surface area contributed by atoms with Crippen LogP contribution in [0.4, 0.5) is 0 Å².